The van der Waals surface area contributed by atoms with Crippen molar-refractivity contribution in [2.75, 3.05) is 32.7 Å². The summed E-state index contributed by atoms with van der Waals surface area (Å²) in [4.78, 5) is 16.4. The van der Waals surface area contributed by atoms with Gasteiger partial charge in [-0.15, -0.1) is 0 Å². The minimum Gasteiger partial charge on any atom is -0.336 e. The predicted molar refractivity (Wildman–Crippen MR) is 78.7 cm³/mol. The maximum atomic E-state index is 13.8. The van der Waals surface area contributed by atoms with Crippen molar-refractivity contribution in [3.63, 3.8) is 0 Å². The van der Waals surface area contributed by atoms with Gasteiger partial charge >= 0.3 is 0 Å². The van der Waals surface area contributed by atoms with Crippen LogP contribution in [0.3, 0.4) is 0 Å². The van der Waals surface area contributed by atoms with Gasteiger partial charge in [-0.25, -0.2) is 4.39 Å². The molecule has 1 aliphatic rings. The molecule has 0 radical (unpaired) electrons. The van der Waals surface area contributed by atoms with Crippen molar-refractivity contribution < 1.29 is 9.18 Å². The average Bonchev–Trinajstić information content (AvgIpc) is 2.45. The third-order valence-electron chi connectivity index (χ3n) is 3.66. The fourth-order valence-corrected chi connectivity index (χ4v) is 2.66. The molecular weight excluding hydrogens is 279 g/mol. The molecule has 0 bridgehead atoms. The van der Waals surface area contributed by atoms with E-state index in [4.69, 9.17) is 11.6 Å². The van der Waals surface area contributed by atoms with Gasteiger partial charge in [0.05, 0.1) is 10.6 Å². The van der Waals surface area contributed by atoms with Crippen LogP contribution in [-0.4, -0.2) is 48.4 Å². The zero-order valence-electron chi connectivity index (χ0n) is 11.7. The molecule has 0 aliphatic carbocycles. The first kappa shape index (κ1) is 15.3. The van der Waals surface area contributed by atoms with E-state index in [-0.39, 0.29) is 16.5 Å². The highest BCUT2D eigenvalue weighted by Crippen LogP contribution is 2.21. The third kappa shape index (κ3) is 3.49. The van der Waals surface area contributed by atoms with Crippen LogP contribution in [0, 0.1) is 5.82 Å². The number of rotatable bonds is 4. The number of hydrogen-bond donors (Lipinski definition) is 0. The summed E-state index contributed by atoms with van der Waals surface area (Å²) in [7, 11) is 0. The van der Waals surface area contributed by atoms with E-state index in [0.29, 0.717) is 13.1 Å². The second kappa shape index (κ2) is 7.04. The number of amides is 1. The molecular formula is C15H20ClFN2O. The highest BCUT2D eigenvalue weighted by molar-refractivity contribution is 6.33. The first-order chi connectivity index (χ1) is 9.63. The summed E-state index contributed by atoms with van der Waals surface area (Å²) in [6.45, 7) is 6.19. The molecule has 1 saturated heterocycles. The molecule has 0 saturated carbocycles. The number of carbonyl (C=O) groups is 1. The second-order valence-electron chi connectivity index (χ2n) is 5.08. The van der Waals surface area contributed by atoms with Gasteiger partial charge in [-0.3, -0.25) is 9.69 Å². The van der Waals surface area contributed by atoms with E-state index in [0.717, 1.165) is 19.6 Å². The van der Waals surface area contributed by atoms with E-state index in [1.54, 1.807) is 11.0 Å². The number of benzene rings is 1. The monoisotopic (exact) mass is 298 g/mol. The molecule has 0 unspecified atom stereocenters. The molecule has 5 heteroatoms. The fourth-order valence-electron chi connectivity index (χ4n) is 2.42. The normalized spacial score (nSPS) is 16.4. The number of nitrogens with zero attached hydrogens (tertiary/aromatic N) is 2. The average molecular weight is 299 g/mol. The third-order valence-corrected chi connectivity index (χ3v) is 3.98. The molecule has 2 rings (SSSR count). The summed E-state index contributed by atoms with van der Waals surface area (Å²) in [6.07, 6.45) is 2.34. The minimum atomic E-state index is -0.545. The quantitative estimate of drug-likeness (QED) is 0.853. The number of halogens is 2. The second-order valence-corrected chi connectivity index (χ2v) is 5.49. The Balaban J connectivity index is 1.98. The lowest BCUT2D eigenvalue weighted by Crippen LogP contribution is -2.49. The Bertz CT molecular complexity index is 453. The lowest BCUT2D eigenvalue weighted by Gasteiger charge is -2.34. The van der Waals surface area contributed by atoms with Gasteiger partial charge in [0.2, 0.25) is 0 Å². The van der Waals surface area contributed by atoms with Crippen LogP contribution in [0.1, 0.15) is 30.1 Å². The van der Waals surface area contributed by atoms with Crippen LogP contribution in [0.2, 0.25) is 5.02 Å². The number of carbonyl (C=O) groups excluding carboxylic acids is 1. The first-order valence-corrected chi connectivity index (χ1v) is 7.47. The Hall–Kier alpha value is -1.13. The molecule has 0 atom stereocenters. The molecule has 0 spiro atoms. The lowest BCUT2D eigenvalue weighted by atomic mass is 10.1. The first-order valence-electron chi connectivity index (χ1n) is 7.09. The summed E-state index contributed by atoms with van der Waals surface area (Å²) in [6, 6.07) is 4.34. The summed E-state index contributed by atoms with van der Waals surface area (Å²) >= 11 is 5.94. The molecule has 1 aliphatic heterocycles. The maximum Gasteiger partial charge on any atom is 0.258 e. The van der Waals surface area contributed by atoms with Gasteiger partial charge in [0, 0.05) is 26.2 Å². The minimum absolute atomic E-state index is 0.00354. The summed E-state index contributed by atoms with van der Waals surface area (Å²) in [5.41, 5.74) is -0.00354. The van der Waals surface area contributed by atoms with E-state index < -0.39 is 5.82 Å². The van der Waals surface area contributed by atoms with Crippen molar-refractivity contribution in [1.82, 2.24) is 9.80 Å². The molecule has 3 nitrogen and oxygen atoms in total. The van der Waals surface area contributed by atoms with Crippen molar-refractivity contribution in [3.05, 3.63) is 34.6 Å². The Labute approximate surface area is 124 Å². The van der Waals surface area contributed by atoms with E-state index in [1.165, 1.54) is 25.0 Å². The Morgan fingerprint density at radius 3 is 2.60 bits per heavy atom. The number of piperazine rings is 1. The molecule has 20 heavy (non-hydrogen) atoms. The topological polar surface area (TPSA) is 23.6 Å². The Morgan fingerprint density at radius 1 is 1.30 bits per heavy atom. The van der Waals surface area contributed by atoms with Gasteiger partial charge in [-0.2, -0.15) is 0 Å². The molecule has 1 heterocycles. The zero-order chi connectivity index (χ0) is 14.5. The van der Waals surface area contributed by atoms with E-state index in [1.807, 2.05) is 0 Å². The number of unbranched alkanes of at least 4 members (excludes halogenated alkanes) is 1. The van der Waals surface area contributed by atoms with Gasteiger partial charge in [-0.05, 0) is 25.1 Å². The van der Waals surface area contributed by atoms with Crippen LogP contribution in [-0.2, 0) is 0 Å². The SMILES string of the molecule is CCCCN1CCN(C(=O)c2c(F)cccc2Cl)CC1. The highest BCUT2D eigenvalue weighted by atomic mass is 35.5. The van der Waals surface area contributed by atoms with E-state index >= 15 is 0 Å². The van der Waals surface area contributed by atoms with Gasteiger partial charge < -0.3 is 4.90 Å². The van der Waals surface area contributed by atoms with E-state index in [9.17, 15) is 9.18 Å². The molecule has 1 fully saturated rings. The van der Waals surface area contributed by atoms with Crippen LogP contribution < -0.4 is 0 Å². The van der Waals surface area contributed by atoms with Crippen LogP contribution in [0.25, 0.3) is 0 Å². The van der Waals surface area contributed by atoms with E-state index in [2.05, 4.69) is 11.8 Å². The largest absolute Gasteiger partial charge is 0.336 e. The summed E-state index contributed by atoms with van der Waals surface area (Å²) in [5, 5.41) is 0.184. The van der Waals surface area contributed by atoms with Crippen LogP contribution in [0.5, 0.6) is 0 Å². The van der Waals surface area contributed by atoms with Crippen molar-refractivity contribution in [2.24, 2.45) is 0 Å². The van der Waals surface area contributed by atoms with Crippen molar-refractivity contribution in [2.45, 2.75) is 19.8 Å². The van der Waals surface area contributed by atoms with Crippen molar-refractivity contribution in [1.29, 1.82) is 0 Å². The molecule has 1 aromatic rings. The fraction of sp³-hybridized carbons (Fsp3) is 0.533. The van der Waals surface area contributed by atoms with Crippen molar-refractivity contribution >= 4 is 17.5 Å². The Morgan fingerprint density at radius 2 is 2.00 bits per heavy atom. The van der Waals surface area contributed by atoms with Gasteiger partial charge in [0.1, 0.15) is 5.82 Å². The smallest absolute Gasteiger partial charge is 0.258 e. The van der Waals surface area contributed by atoms with Crippen molar-refractivity contribution in [3.8, 4) is 0 Å². The molecule has 1 aromatic carbocycles. The van der Waals surface area contributed by atoms with Crippen LogP contribution >= 0.6 is 11.6 Å². The lowest BCUT2D eigenvalue weighted by molar-refractivity contribution is 0.0631. The summed E-state index contributed by atoms with van der Waals surface area (Å²) < 4.78 is 13.8. The highest BCUT2D eigenvalue weighted by Gasteiger charge is 2.25. The standard InChI is InChI=1S/C15H20ClFN2O/c1-2-3-7-18-8-10-19(11-9-18)15(20)14-12(16)5-4-6-13(14)17/h4-6H,2-3,7-11H2,1H3. The number of hydrogen-bond acceptors (Lipinski definition) is 2. The molecule has 110 valence electrons. The summed E-state index contributed by atoms with van der Waals surface area (Å²) in [5.74, 6) is -0.848. The van der Waals surface area contributed by atoms with Crippen LogP contribution in [0.15, 0.2) is 18.2 Å². The molecule has 0 N–H and O–H groups in total. The zero-order valence-corrected chi connectivity index (χ0v) is 12.5. The molecule has 1 amide bonds. The Kier molecular flexibility index (Phi) is 5.38. The maximum absolute atomic E-state index is 13.8. The van der Waals surface area contributed by atoms with Crippen LogP contribution in [0.4, 0.5) is 4.39 Å². The van der Waals surface area contributed by atoms with Gasteiger partial charge in [0.15, 0.2) is 0 Å². The predicted octanol–water partition coefficient (Wildman–Crippen LogP) is 3.04. The van der Waals surface area contributed by atoms with Gasteiger partial charge in [-0.1, -0.05) is 31.0 Å². The van der Waals surface area contributed by atoms with Gasteiger partial charge in [0.25, 0.3) is 5.91 Å². The molecule has 0 aromatic heterocycles.